The average Bonchev–Trinajstić information content (AvgIpc) is 3.11. The molecular weight excluding hydrogens is 364 g/mol. The Kier molecular flexibility index (Phi) is 5.35. The number of hydrogen-bond donors (Lipinski definition) is 0. The summed E-state index contributed by atoms with van der Waals surface area (Å²) in [5, 5.41) is 16.2. The minimum Gasteiger partial charge on any atom is -0.448 e. The molecule has 0 saturated carbocycles. The van der Waals surface area contributed by atoms with Gasteiger partial charge in [0.15, 0.2) is 0 Å². The molecule has 1 atom stereocenters. The third-order valence-electron chi connectivity index (χ3n) is 4.15. The molecule has 3 rings (SSSR count). The molecule has 0 spiro atoms. The summed E-state index contributed by atoms with van der Waals surface area (Å²) in [7, 11) is 0. The fourth-order valence-electron chi connectivity index (χ4n) is 2.78. The molecule has 0 aromatic heterocycles. The quantitative estimate of drug-likeness (QED) is 0.584. The van der Waals surface area contributed by atoms with Crippen LogP contribution in [0.4, 0.5) is 11.4 Å². The van der Waals surface area contributed by atoms with Gasteiger partial charge >= 0.3 is 0 Å². The number of hydrogen-bond acceptors (Lipinski definition) is 6. The van der Waals surface area contributed by atoms with E-state index in [1.54, 1.807) is 12.1 Å². The van der Waals surface area contributed by atoms with Gasteiger partial charge in [-0.05, 0) is 24.3 Å². The topological polar surface area (TPSA) is 105 Å². The molecule has 0 bridgehead atoms. The van der Waals surface area contributed by atoms with Crippen molar-refractivity contribution < 1.29 is 19.2 Å². The molecule has 0 unspecified atom stereocenters. The number of non-ortho nitro benzene ring substituents is 1. The first-order valence-electron chi connectivity index (χ1n) is 8.50. The Morgan fingerprint density at radius 2 is 1.79 bits per heavy atom. The SMILES string of the molecule is CC(=O)N(C[C@@H]1OC(c2ccc([N+](=O)[O-])cc2)=NN1C(C)=O)c1ccccc1. The van der Waals surface area contributed by atoms with E-state index in [2.05, 4.69) is 5.10 Å². The third-order valence-corrected chi connectivity index (χ3v) is 4.15. The predicted octanol–water partition coefficient (Wildman–Crippen LogP) is 2.51. The molecule has 1 aliphatic heterocycles. The fourth-order valence-corrected chi connectivity index (χ4v) is 2.78. The maximum absolute atomic E-state index is 12.1. The normalized spacial score (nSPS) is 15.6. The standard InChI is InChI=1S/C19H18N4O5/c1-13(24)21(16-6-4-3-5-7-16)12-18-22(14(2)25)20-19(28-18)15-8-10-17(11-9-15)23(26)27/h3-11,18H,12H2,1-2H3/t18-/m0/s1. The van der Waals surface area contributed by atoms with Gasteiger partial charge < -0.3 is 9.64 Å². The number of nitrogens with zero attached hydrogens (tertiary/aromatic N) is 4. The highest BCUT2D eigenvalue weighted by Gasteiger charge is 2.34. The molecule has 1 heterocycles. The van der Waals surface area contributed by atoms with Gasteiger partial charge in [-0.2, -0.15) is 5.01 Å². The van der Waals surface area contributed by atoms with E-state index in [0.29, 0.717) is 11.3 Å². The molecule has 144 valence electrons. The zero-order chi connectivity index (χ0) is 20.3. The number of carbonyl (C=O) groups is 2. The van der Waals surface area contributed by atoms with Crippen molar-refractivity contribution in [2.45, 2.75) is 20.1 Å². The van der Waals surface area contributed by atoms with Crippen LogP contribution >= 0.6 is 0 Å². The van der Waals surface area contributed by atoms with Gasteiger partial charge in [0.1, 0.15) is 0 Å². The Labute approximate surface area is 161 Å². The molecule has 9 nitrogen and oxygen atoms in total. The smallest absolute Gasteiger partial charge is 0.269 e. The number of hydrazone groups is 1. The lowest BCUT2D eigenvalue weighted by Crippen LogP contribution is -2.44. The molecule has 1 aliphatic rings. The zero-order valence-electron chi connectivity index (χ0n) is 15.3. The van der Waals surface area contributed by atoms with Gasteiger partial charge in [0.05, 0.1) is 11.5 Å². The van der Waals surface area contributed by atoms with Crippen molar-refractivity contribution in [3.63, 3.8) is 0 Å². The molecule has 28 heavy (non-hydrogen) atoms. The van der Waals surface area contributed by atoms with Crippen molar-refractivity contribution in [2.24, 2.45) is 5.10 Å². The van der Waals surface area contributed by atoms with Crippen molar-refractivity contribution >= 4 is 29.1 Å². The van der Waals surface area contributed by atoms with E-state index >= 15 is 0 Å². The van der Waals surface area contributed by atoms with Gasteiger partial charge in [-0.25, -0.2) is 0 Å². The number of carbonyl (C=O) groups excluding carboxylic acids is 2. The summed E-state index contributed by atoms with van der Waals surface area (Å²) in [4.78, 5) is 35.9. The number of anilines is 1. The number of rotatable bonds is 5. The van der Waals surface area contributed by atoms with Crippen LogP contribution < -0.4 is 4.90 Å². The average molecular weight is 382 g/mol. The van der Waals surface area contributed by atoms with Crippen molar-refractivity contribution in [3.05, 3.63) is 70.3 Å². The van der Waals surface area contributed by atoms with Crippen LogP contribution in [0, 0.1) is 10.1 Å². The summed E-state index contributed by atoms with van der Waals surface area (Å²) >= 11 is 0. The Hall–Kier alpha value is -3.75. The van der Waals surface area contributed by atoms with Crippen molar-refractivity contribution in [2.75, 3.05) is 11.4 Å². The lowest BCUT2D eigenvalue weighted by molar-refractivity contribution is -0.384. The number of ether oxygens (including phenoxy) is 1. The highest BCUT2D eigenvalue weighted by atomic mass is 16.6. The molecule has 0 radical (unpaired) electrons. The maximum atomic E-state index is 12.1. The summed E-state index contributed by atoms with van der Waals surface area (Å²) in [6.45, 7) is 2.86. The monoisotopic (exact) mass is 382 g/mol. The van der Waals surface area contributed by atoms with E-state index < -0.39 is 11.2 Å². The number of nitro groups is 1. The van der Waals surface area contributed by atoms with Gasteiger partial charge in [0, 0.05) is 37.2 Å². The molecular formula is C19H18N4O5. The Balaban J connectivity index is 1.83. The largest absolute Gasteiger partial charge is 0.448 e. The minimum atomic E-state index is -0.813. The fraction of sp³-hybridized carbons (Fsp3) is 0.211. The van der Waals surface area contributed by atoms with E-state index in [9.17, 15) is 19.7 Å². The van der Waals surface area contributed by atoms with Crippen LogP contribution in [0.15, 0.2) is 59.7 Å². The molecule has 0 aliphatic carbocycles. The Morgan fingerprint density at radius 1 is 1.14 bits per heavy atom. The minimum absolute atomic E-state index is 0.0610. The predicted molar refractivity (Wildman–Crippen MR) is 101 cm³/mol. The van der Waals surface area contributed by atoms with Crippen molar-refractivity contribution in [1.29, 1.82) is 0 Å². The lowest BCUT2D eigenvalue weighted by atomic mass is 10.2. The first-order chi connectivity index (χ1) is 13.4. The lowest BCUT2D eigenvalue weighted by Gasteiger charge is -2.27. The summed E-state index contributed by atoms with van der Waals surface area (Å²) in [6.07, 6.45) is -0.813. The van der Waals surface area contributed by atoms with Crippen molar-refractivity contribution in [1.82, 2.24) is 5.01 Å². The molecule has 2 amide bonds. The molecule has 0 N–H and O–H groups in total. The van der Waals surface area contributed by atoms with E-state index in [1.807, 2.05) is 18.2 Å². The van der Waals surface area contributed by atoms with Gasteiger partial charge in [0.25, 0.3) is 5.69 Å². The first-order valence-corrected chi connectivity index (χ1v) is 8.50. The molecule has 0 fully saturated rings. The van der Waals surface area contributed by atoms with E-state index in [0.717, 1.165) is 5.01 Å². The number of para-hydroxylation sites is 1. The summed E-state index contributed by atoms with van der Waals surface area (Å²) in [5.41, 5.74) is 1.11. The molecule has 0 saturated heterocycles. The molecule has 2 aromatic rings. The zero-order valence-corrected chi connectivity index (χ0v) is 15.3. The summed E-state index contributed by atoms with van der Waals surface area (Å²) in [6, 6.07) is 14.7. The number of amides is 2. The summed E-state index contributed by atoms with van der Waals surface area (Å²) in [5.74, 6) is -0.396. The third kappa shape index (κ3) is 3.98. The summed E-state index contributed by atoms with van der Waals surface area (Å²) < 4.78 is 5.82. The van der Waals surface area contributed by atoms with Crippen LogP contribution in [0.2, 0.25) is 0 Å². The first kappa shape index (κ1) is 19.0. The van der Waals surface area contributed by atoms with E-state index in [-0.39, 0.29) is 29.9 Å². The van der Waals surface area contributed by atoms with Crippen LogP contribution in [-0.2, 0) is 14.3 Å². The van der Waals surface area contributed by atoms with E-state index in [4.69, 9.17) is 4.74 Å². The van der Waals surface area contributed by atoms with E-state index in [1.165, 1.54) is 43.0 Å². The van der Waals surface area contributed by atoms with Crippen molar-refractivity contribution in [3.8, 4) is 0 Å². The van der Waals surface area contributed by atoms with Gasteiger partial charge in [-0.1, -0.05) is 18.2 Å². The van der Waals surface area contributed by atoms with Crippen LogP contribution in [-0.4, -0.2) is 40.4 Å². The Morgan fingerprint density at radius 3 is 2.32 bits per heavy atom. The van der Waals surface area contributed by atoms with Crippen LogP contribution in [0.3, 0.4) is 0 Å². The Bertz CT molecular complexity index is 927. The van der Waals surface area contributed by atoms with Gasteiger partial charge in [-0.3, -0.25) is 19.7 Å². The molecule has 2 aromatic carbocycles. The van der Waals surface area contributed by atoms with Crippen LogP contribution in [0.1, 0.15) is 19.4 Å². The number of nitro benzene ring substituents is 1. The van der Waals surface area contributed by atoms with Crippen LogP contribution in [0.5, 0.6) is 0 Å². The van der Waals surface area contributed by atoms with Gasteiger partial charge in [0.2, 0.25) is 23.9 Å². The highest BCUT2D eigenvalue weighted by molar-refractivity contribution is 5.97. The molecule has 9 heteroatoms. The second kappa shape index (κ2) is 7.87. The van der Waals surface area contributed by atoms with Gasteiger partial charge in [-0.15, -0.1) is 5.10 Å². The van der Waals surface area contributed by atoms with Crippen LogP contribution in [0.25, 0.3) is 0 Å². The second-order valence-corrected chi connectivity index (χ2v) is 6.11. The number of benzene rings is 2. The maximum Gasteiger partial charge on any atom is 0.269 e. The highest BCUT2D eigenvalue weighted by Crippen LogP contribution is 2.23. The second-order valence-electron chi connectivity index (χ2n) is 6.11.